The van der Waals surface area contributed by atoms with E-state index in [2.05, 4.69) is 27.8 Å². The van der Waals surface area contributed by atoms with E-state index < -0.39 is 0 Å². The minimum atomic E-state index is 0.0967. The molecule has 0 aliphatic heterocycles. The van der Waals surface area contributed by atoms with Crippen molar-refractivity contribution < 1.29 is 5.11 Å². The Morgan fingerprint density at radius 3 is 2.83 bits per heavy atom. The van der Waals surface area contributed by atoms with Gasteiger partial charge in [0, 0.05) is 5.56 Å². The first-order valence-electron chi connectivity index (χ1n) is 3.37. The summed E-state index contributed by atoms with van der Waals surface area (Å²) in [5.41, 5.74) is 6.63. The van der Waals surface area contributed by atoms with E-state index in [4.69, 9.17) is 10.8 Å². The molecule has 1 rings (SSSR count). The van der Waals surface area contributed by atoms with E-state index in [-0.39, 0.29) is 5.75 Å². The van der Waals surface area contributed by atoms with E-state index in [9.17, 15) is 0 Å². The zero-order valence-electron chi connectivity index (χ0n) is 6.34. The van der Waals surface area contributed by atoms with Gasteiger partial charge in [-0.05, 0) is 18.2 Å². The van der Waals surface area contributed by atoms with E-state index in [1.807, 2.05) is 0 Å². The maximum Gasteiger partial charge on any atom is 0.138 e. The van der Waals surface area contributed by atoms with Crippen molar-refractivity contribution in [2.24, 2.45) is 0 Å². The Bertz CT molecular complexity index is 338. The lowest BCUT2D eigenvalue weighted by atomic mass is 10.2. The number of phenols is 1. The van der Waals surface area contributed by atoms with Crippen LogP contribution in [0.3, 0.4) is 0 Å². The number of phenolic OH excluding ortho intramolecular Hbond substituents is 1. The summed E-state index contributed by atoms with van der Waals surface area (Å²) in [7, 11) is 0. The number of benzene rings is 1. The van der Waals surface area contributed by atoms with E-state index in [1.165, 1.54) is 6.07 Å². The number of hydrogen-bond acceptors (Lipinski definition) is 2. The summed E-state index contributed by atoms with van der Waals surface area (Å²) in [5.74, 6) is 5.81. The number of nitrogen functional groups attached to an aromatic ring is 1. The zero-order valence-corrected chi connectivity index (χ0v) is 7.93. The van der Waals surface area contributed by atoms with E-state index in [1.54, 1.807) is 12.1 Å². The summed E-state index contributed by atoms with van der Waals surface area (Å²) in [6, 6.07) is 4.90. The quantitative estimate of drug-likeness (QED) is 0.306. The average Bonchev–Trinajstić information content (AvgIpc) is 2.07. The molecule has 0 unspecified atom stereocenters. The molecule has 0 radical (unpaired) electrons. The minimum absolute atomic E-state index is 0.0967. The van der Waals surface area contributed by atoms with Crippen molar-refractivity contribution in [3.8, 4) is 17.6 Å². The molecular weight excluding hydrogens is 218 g/mol. The van der Waals surface area contributed by atoms with Gasteiger partial charge in [-0.1, -0.05) is 27.8 Å². The van der Waals surface area contributed by atoms with Crippen LogP contribution in [0, 0.1) is 11.8 Å². The Hall–Kier alpha value is -1.14. The second-order valence-electron chi connectivity index (χ2n) is 2.21. The Morgan fingerprint density at radius 1 is 1.50 bits per heavy atom. The largest absolute Gasteiger partial charge is 0.506 e. The zero-order chi connectivity index (χ0) is 8.97. The van der Waals surface area contributed by atoms with Crippen LogP contribution in [0.25, 0.3) is 0 Å². The Kier molecular flexibility index (Phi) is 3.01. The highest BCUT2D eigenvalue weighted by molar-refractivity contribution is 9.09. The second-order valence-corrected chi connectivity index (χ2v) is 2.77. The number of rotatable bonds is 0. The van der Waals surface area contributed by atoms with E-state index in [0.717, 1.165) is 5.56 Å². The Labute approximate surface area is 79.5 Å². The molecule has 0 aliphatic carbocycles. The lowest BCUT2D eigenvalue weighted by molar-refractivity contribution is 0.478. The molecule has 2 nitrogen and oxygen atoms in total. The Balaban J connectivity index is 2.97. The molecule has 0 saturated carbocycles. The number of anilines is 1. The molecule has 0 heterocycles. The van der Waals surface area contributed by atoms with Gasteiger partial charge in [0.1, 0.15) is 5.75 Å². The lowest BCUT2D eigenvalue weighted by Gasteiger charge is -1.97. The van der Waals surface area contributed by atoms with Crippen LogP contribution < -0.4 is 5.73 Å². The number of aromatic hydroxyl groups is 1. The highest BCUT2D eigenvalue weighted by atomic mass is 79.9. The van der Waals surface area contributed by atoms with Crippen LogP contribution in [0.5, 0.6) is 5.75 Å². The number of hydrogen-bond donors (Lipinski definition) is 2. The summed E-state index contributed by atoms with van der Waals surface area (Å²) in [6.07, 6.45) is 0. The molecule has 0 atom stereocenters. The molecule has 0 amide bonds. The van der Waals surface area contributed by atoms with Crippen molar-refractivity contribution in [1.82, 2.24) is 0 Å². The van der Waals surface area contributed by atoms with Crippen molar-refractivity contribution in [2.45, 2.75) is 0 Å². The Morgan fingerprint density at radius 2 is 2.25 bits per heavy atom. The molecule has 1 aromatic carbocycles. The molecule has 0 saturated heterocycles. The molecular formula is C9H8BrNO. The number of nitrogens with two attached hydrogens (primary N) is 1. The fourth-order valence-electron chi connectivity index (χ4n) is 0.768. The third-order valence-electron chi connectivity index (χ3n) is 1.33. The van der Waals surface area contributed by atoms with Gasteiger partial charge in [0.15, 0.2) is 0 Å². The molecule has 0 aromatic heterocycles. The van der Waals surface area contributed by atoms with Crippen molar-refractivity contribution in [3.05, 3.63) is 23.8 Å². The van der Waals surface area contributed by atoms with Crippen LogP contribution >= 0.6 is 15.9 Å². The number of halogens is 1. The van der Waals surface area contributed by atoms with Crippen LogP contribution in [-0.4, -0.2) is 10.4 Å². The molecule has 3 N–H and O–H groups in total. The van der Waals surface area contributed by atoms with Gasteiger partial charge in [0.25, 0.3) is 0 Å². The molecule has 0 spiro atoms. The van der Waals surface area contributed by atoms with Crippen LogP contribution in [-0.2, 0) is 0 Å². The maximum absolute atomic E-state index is 9.09. The molecule has 1 aromatic rings. The molecule has 62 valence electrons. The monoisotopic (exact) mass is 225 g/mol. The summed E-state index contributed by atoms with van der Waals surface area (Å²) < 4.78 is 0. The van der Waals surface area contributed by atoms with Gasteiger partial charge in [0.2, 0.25) is 0 Å². The first-order valence-corrected chi connectivity index (χ1v) is 4.49. The summed E-state index contributed by atoms with van der Waals surface area (Å²) in [5, 5.41) is 9.72. The van der Waals surface area contributed by atoms with Crippen LogP contribution in [0.15, 0.2) is 18.2 Å². The smallest absolute Gasteiger partial charge is 0.138 e. The topological polar surface area (TPSA) is 46.2 Å². The van der Waals surface area contributed by atoms with Gasteiger partial charge in [-0.3, -0.25) is 0 Å². The van der Waals surface area contributed by atoms with Gasteiger partial charge >= 0.3 is 0 Å². The first-order chi connectivity index (χ1) is 5.74. The molecule has 0 aliphatic rings. The van der Waals surface area contributed by atoms with E-state index in [0.29, 0.717) is 11.0 Å². The first kappa shape index (κ1) is 8.95. The van der Waals surface area contributed by atoms with Crippen molar-refractivity contribution in [3.63, 3.8) is 0 Å². The van der Waals surface area contributed by atoms with Crippen LogP contribution in [0.1, 0.15) is 5.56 Å². The highest BCUT2D eigenvalue weighted by Crippen LogP contribution is 2.19. The third-order valence-corrected chi connectivity index (χ3v) is 1.61. The third kappa shape index (κ3) is 2.18. The van der Waals surface area contributed by atoms with Crippen LogP contribution in [0.2, 0.25) is 0 Å². The highest BCUT2D eigenvalue weighted by Gasteiger charge is 1.94. The summed E-state index contributed by atoms with van der Waals surface area (Å²) in [4.78, 5) is 0. The van der Waals surface area contributed by atoms with Gasteiger partial charge in [-0.2, -0.15) is 0 Å². The molecule has 3 heteroatoms. The summed E-state index contributed by atoms with van der Waals surface area (Å²) >= 11 is 3.19. The predicted molar refractivity (Wildman–Crippen MR) is 53.2 cm³/mol. The maximum atomic E-state index is 9.09. The second kappa shape index (κ2) is 4.03. The average molecular weight is 226 g/mol. The van der Waals surface area contributed by atoms with Crippen molar-refractivity contribution in [1.29, 1.82) is 0 Å². The molecule has 0 fully saturated rings. The van der Waals surface area contributed by atoms with Crippen LogP contribution in [0.4, 0.5) is 5.69 Å². The SMILES string of the molecule is Nc1cc(C#CCBr)ccc1O. The minimum Gasteiger partial charge on any atom is -0.506 e. The van der Waals surface area contributed by atoms with Gasteiger partial charge in [-0.15, -0.1) is 0 Å². The predicted octanol–water partition coefficient (Wildman–Crippen LogP) is 1.72. The molecule has 12 heavy (non-hydrogen) atoms. The standard InChI is InChI=1S/C9H8BrNO/c10-5-1-2-7-3-4-9(12)8(11)6-7/h3-4,6,12H,5,11H2. The van der Waals surface area contributed by atoms with Gasteiger partial charge in [-0.25, -0.2) is 0 Å². The number of alkyl halides is 1. The fraction of sp³-hybridized carbons (Fsp3) is 0.111. The van der Waals surface area contributed by atoms with Gasteiger partial charge < -0.3 is 10.8 Å². The molecule has 0 bridgehead atoms. The fourth-order valence-corrected chi connectivity index (χ4v) is 0.908. The van der Waals surface area contributed by atoms with E-state index >= 15 is 0 Å². The van der Waals surface area contributed by atoms with Crippen molar-refractivity contribution >= 4 is 21.6 Å². The van der Waals surface area contributed by atoms with Gasteiger partial charge in [0.05, 0.1) is 11.0 Å². The van der Waals surface area contributed by atoms with Crippen molar-refractivity contribution in [2.75, 3.05) is 11.1 Å². The normalized spacial score (nSPS) is 8.75. The summed E-state index contributed by atoms with van der Waals surface area (Å²) in [6.45, 7) is 0. The lowest BCUT2D eigenvalue weighted by Crippen LogP contribution is -1.86.